The Hall–Kier alpha value is -5.01. The molecule has 292 valence electrons. The highest BCUT2D eigenvalue weighted by Crippen LogP contribution is 2.65. The number of carbonyl (C=O) groups excluding carboxylic acids is 2. The Morgan fingerprint density at radius 2 is 1.57 bits per heavy atom. The van der Waals surface area contributed by atoms with E-state index in [-0.39, 0.29) is 17.7 Å². The van der Waals surface area contributed by atoms with E-state index in [9.17, 15) is 14.9 Å². The van der Waals surface area contributed by atoms with Crippen LogP contribution in [0, 0.1) is 11.3 Å². The Kier molecular flexibility index (Phi) is 13.4. The van der Waals surface area contributed by atoms with E-state index in [0.717, 1.165) is 11.3 Å². The Morgan fingerprint density at radius 3 is 2.12 bits per heavy atom. The number of nitriles is 1. The predicted molar refractivity (Wildman–Crippen MR) is 220 cm³/mol. The van der Waals surface area contributed by atoms with Crippen LogP contribution in [0.1, 0.15) is 85.6 Å². The van der Waals surface area contributed by atoms with E-state index < -0.39 is 21.8 Å². The summed E-state index contributed by atoms with van der Waals surface area (Å²) in [4.78, 5) is 25.6. The minimum Gasteiger partial charge on any atom is -0.494 e. The maximum absolute atomic E-state index is 13.3. The van der Waals surface area contributed by atoms with Crippen molar-refractivity contribution in [3.8, 4) is 23.3 Å². The maximum Gasteiger partial charge on any atom is 0.321 e. The molecule has 1 heterocycles. The molecule has 6 rings (SSSR count). The van der Waals surface area contributed by atoms with Gasteiger partial charge in [-0.2, -0.15) is 10.4 Å². The third kappa shape index (κ3) is 9.67. The zero-order valence-corrected chi connectivity index (χ0v) is 34.5. The summed E-state index contributed by atoms with van der Waals surface area (Å²) in [7, 11) is 1.73. The summed E-state index contributed by atoms with van der Waals surface area (Å²) in [6.45, 7) is 11.4. The Labute approximate surface area is 343 Å². The predicted octanol–water partition coefficient (Wildman–Crippen LogP) is 10.4. The molecule has 9 nitrogen and oxygen atoms in total. The second-order valence-corrected chi connectivity index (χ2v) is 16.2. The number of hydrogen-bond donors (Lipinski definition) is 1. The monoisotopic (exact) mass is 814 g/mol. The number of nitrogens with one attached hydrogen (secondary N) is 1. The lowest BCUT2D eigenvalue weighted by Gasteiger charge is -2.20. The van der Waals surface area contributed by atoms with Crippen molar-refractivity contribution in [2.45, 2.75) is 75.3 Å². The first-order valence-corrected chi connectivity index (χ1v) is 19.4. The summed E-state index contributed by atoms with van der Waals surface area (Å²) in [6, 6.07) is 33.4. The van der Waals surface area contributed by atoms with Crippen LogP contribution in [0.2, 0.25) is 5.02 Å². The molecule has 1 amide bonds. The number of aryl methyl sites for hydroxylation is 2. The summed E-state index contributed by atoms with van der Waals surface area (Å²) in [5, 5.41) is 17.4. The molecular formula is C44H45Cl3N4O5. The largest absolute Gasteiger partial charge is 0.494 e. The molecule has 1 aromatic heterocycles. The number of ether oxygens (including phenoxy) is 3. The maximum atomic E-state index is 13.3. The van der Waals surface area contributed by atoms with Crippen molar-refractivity contribution in [2.24, 2.45) is 7.05 Å². The van der Waals surface area contributed by atoms with Gasteiger partial charge in [0.15, 0.2) is 0 Å². The number of aromatic nitrogens is 2. The molecule has 1 N–H and O–H groups in total. The molecule has 0 bridgehead atoms. The van der Waals surface area contributed by atoms with Gasteiger partial charge in [-0.25, -0.2) is 0 Å². The fourth-order valence-electron chi connectivity index (χ4n) is 6.10. The lowest BCUT2D eigenvalue weighted by atomic mass is 9.87. The quantitative estimate of drug-likeness (QED) is 0.0985. The molecule has 2 unspecified atom stereocenters. The van der Waals surface area contributed by atoms with Crippen molar-refractivity contribution in [2.75, 3.05) is 6.61 Å². The summed E-state index contributed by atoms with van der Waals surface area (Å²) >= 11 is 19.1. The average Bonchev–Trinajstić information content (AvgIpc) is 3.66. The number of hydrogen-bond acceptors (Lipinski definition) is 7. The van der Waals surface area contributed by atoms with Gasteiger partial charge in [-0.3, -0.25) is 14.3 Å². The highest BCUT2D eigenvalue weighted by Gasteiger charge is 2.73. The van der Waals surface area contributed by atoms with E-state index >= 15 is 0 Å². The van der Waals surface area contributed by atoms with Crippen molar-refractivity contribution >= 4 is 46.7 Å². The fourth-order valence-corrected chi connectivity index (χ4v) is 7.25. The van der Waals surface area contributed by atoms with Crippen LogP contribution >= 0.6 is 34.8 Å². The normalized spacial score (nSPS) is 16.0. The van der Waals surface area contributed by atoms with Gasteiger partial charge in [0.25, 0.3) is 5.91 Å². The van der Waals surface area contributed by atoms with Gasteiger partial charge in [-0.1, -0.05) is 129 Å². The third-order valence-electron chi connectivity index (χ3n) is 9.35. The van der Waals surface area contributed by atoms with Gasteiger partial charge in [0, 0.05) is 25.6 Å². The molecule has 56 heavy (non-hydrogen) atoms. The molecule has 0 saturated heterocycles. The highest BCUT2D eigenvalue weighted by molar-refractivity contribution is 6.54. The van der Waals surface area contributed by atoms with Crippen LogP contribution in [0.5, 0.6) is 17.2 Å². The Balaban J connectivity index is 0.000000229. The van der Waals surface area contributed by atoms with E-state index in [1.54, 1.807) is 60.3 Å². The number of nitrogens with zero attached hydrogens (tertiary/aromatic N) is 3. The molecule has 0 aliphatic heterocycles. The van der Waals surface area contributed by atoms with Crippen LogP contribution < -0.4 is 14.8 Å². The van der Waals surface area contributed by atoms with Gasteiger partial charge in [-0.05, 0) is 71.8 Å². The molecule has 2 atom stereocenters. The number of alkyl halides is 2. The van der Waals surface area contributed by atoms with Crippen LogP contribution in [-0.2, 0) is 40.4 Å². The second-order valence-electron chi connectivity index (χ2n) is 14.4. The minimum absolute atomic E-state index is 0.126. The lowest BCUT2D eigenvalue weighted by Crippen LogP contribution is -2.30. The number of halogens is 3. The van der Waals surface area contributed by atoms with Crippen molar-refractivity contribution in [1.29, 1.82) is 5.26 Å². The molecule has 12 heteroatoms. The van der Waals surface area contributed by atoms with E-state index in [0.29, 0.717) is 58.7 Å². The molecule has 0 spiro atoms. The second kappa shape index (κ2) is 17.8. The highest BCUT2D eigenvalue weighted by atomic mass is 35.5. The van der Waals surface area contributed by atoms with Crippen molar-refractivity contribution in [1.82, 2.24) is 15.1 Å². The van der Waals surface area contributed by atoms with Gasteiger partial charge in [0.1, 0.15) is 38.8 Å². The van der Waals surface area contributed by atoms with Crippen LogP contribution in [0.15, 0.2) is 103 Å². The number of amides is 1. The first-order chi connectivity index (χ1) is 26.6. The van der Waals surface area contributed by atoms with Gasteiger partial charge in [-0.15, -0.1) is 0 Å². The van der Waals surface area contributed by atoms with E-state index in [1.807, 2.05) is 62.4 Å². The zero-order chi connectivity index (χ0) is 40.7. The summed E-state index contributed by atoms with van der Waals surface area (Å²) in [5.74, 6) is 0.987. The van der Waals surface area contributed by atoms with E-state index in [4.69, 9.17) is 49.0 Å². The van der Waals surface area contributed by atoms with Gasteiger partial charge in [0.2, 0.25) is 6.10 Å². The van der Waals surface area contributed by atoms with Crippen LogP contribution in [0.3, 0.4) is 0 Å². The first-order valence-electron chi connectivity index (χ1n) is 18.3. The van der Waals surface area contributed by atoms with Crippen LogP contribution in [0.4, 0.5) is 0 Å². The van der Waals surface area contributed by atoms with E-state index in [2.05, 4.69) is 43.3 Å². The molecule has 1 fully saturated rings. The molecule has 5 aromatic rings. The topological polar surface area (TPSA) is 115 Å². The van der Waals surface area contributed by atoms with Gasteiger partial charge < -0.3 is 19.5 Å². The number of carbonyl (C=O) groups is 2. The number of rotatable bonds is 12. The molecule has 0 radical (unpaired) electrons. The Bertz CT molecular complexity index is 2180. The van der Waals surface area contributed by atoms with Crippen LogP contribution in [0.25, 0.3) is 0 Å². The van der Waals surface area contributed by atoms with Crippen molar-refractivity contribution < 1.29 is 23.8 Å². The first kappa shape index (κ1) is 42.1. The number of benzene rings is 4. The SMILES string of the molecule is CCOc1ccc(C2(C(=O)OC(C#N)c3cccc(Oc4ccccc4)c3)CC2(Cl)Cl)cc1.CCc1nn(C)c(C(=O)NCc2ccc(C(C)(C)C)cc2)c1Cl. The standard InChI is InChI=1S/C26H21Cl2NO4.C18H24ClN3O/c1-2-31-20-13-11-19(12-14-20)25(17-26(25,27)28)24(30)33-23(16-29)18-7-6-10-22(15-18)32-21-8-4-3-5-9-21;1-6-14-15(19)16(22(5)21-14)17(23)20-11-12-7-9-13(10-8-12)18(2,3)4/h3-15,23H,2,17H2,1H3;7-10H,6,11H2,1-5H3,(H,20,23). The minimum atomic E-state index is -1.32. The zero-order valence-electron chi connectivity index (χ0n) is 32.2. The van der Waals surface area contributed by atoms with Crippen molar-refractivity contribution in [3.63, 3.8) is 0 Å². The average molecular weight is 816 g/mol. The van der Waals surface area contributed by atoms with E-state index in [1.165, 1.54) is 5.56 Å². The number of esters is 1. The molecule has 4 aromatic carbocycles. The fraction of sp³-hybridized carbons (Fsp3) is 0.318. The third-order valence-corrected chi connectivity index (χ3v) is 10.7. The molecule has 1 aliphatic rings. The van der Waals surface area contributed by atoms with Crippen LogP contribution in [-0.4, -0.2) is 32.6 Å². The summed E-state index contributed by atoms with van der Waals surface area (Å²) in [6.07, 6.45) is -0.263. The molecule has 1 saturated carbocycles. The lowest BCUT2D eigenvalue weighted by molar-refractivity contribution is -0.150. The van der Waals surface area contributed by atoms with Crippen molar-refractivity contribution in [3.05, 3.63) is 142 Å². The number of para-hydroxylation sites is 1. The summed E-state index contributed by atoms with van der Waals surface area (Å²) < 4.78 is 17.1. The molecular weight excluding hydrogens is 771 g/mol. The Morgan fingerprint density at radius 1 is 0.929 bits per heavy atom. The summed E-state index contributed by atoms with van der Waals surface area (Å²) in [5.41, 5.74) is 3.45. The smallest absolute Gasteiger partial charge is 0.321 e. The van der Waals surface area contributed by atoms with Gasteiger partial charge >= 0.3 is 5.97 Å². The van der Waals surface area contributed by atoms with Gasteiger partial charge in [0.05, 0.1) is 17.3 Å². The molecule has 1 aliphatic carbocycles.